The van der Waals surface area contributed by atoms with Crippen LogP contribution in [0.2, 0.25) is 10.0 Å². The van der Waals surface area contributed by atoms with Crippen LogP contribution in [0.4, 0.5) is 5.69 Å². The minimum Gasteiger partial charge on any atom is -0.399 e. The summed E-state index contributed by atoms with van der Waals surface area (Å²) in [4.78, 5) is 25.9. The molecule has 1 atom stereocenters. The van der Waals surface area contributed by atoms with Gasteiger partial charge in [-0.2, -0.15) is 0 Å². The summed E-state index contributed by atoms with van der Waals surface area (Å²) in [5.41, 5.74) is 6.28. The number of carbonyl (C=O) groups excluding carboxylic acids is 2. The fourth-order valence-corrected chi connectivity index (χ4v) is 2.79. The largest absolute Gasteiger partial charge is 0.399 e. The van der Waals surface area contributed by atoms with Gasteiger partial charge in [-0.25, -0.2) is 0 Å². The lowest BCUT2D eigenvalue weighted by atomic mass is 10.1. The van der Waals surface area contributed by atoms with Gasteiger partial charge in [0.15, 0.2) is 0 Å². The number of likely N-dealkylation sites (tertiary alicyclic amines) is 1. The van der Waals surface area contributed by atoms with E-state index in [0.717, 1.165) is 6.42 Å². The van der Waals surface area contributed by atoms with E-state index in [4.69, 9.17) is 28.9 Å². The summed E-state index contributed by atoms with van der Waals surface area (Å²) < 4.78 is 0. The molecule has 108 valence electrons. The fraction of sp³-hybridized carbons (Fsp3) is 0.385. The van der Waals surface area contributed by atoms with Gasteiger partial charge >= 0.3 is 0 Å². The van der Waals surface area contributed by atoms with Crippen molar-refractivity contribution >= 4 is 40.7 Å². The molecule has 3 N–H and O–H groups in total. The first-order valence-electron chi connectivity index (χ1n) is 6.22. The summed E-state index contributed by atoms with van der Waals surface area (Å²) in [7, 11) is 1.55. The number of carbonyl (C=O) groups is 2. The molecule has 0 spiro atoms. The van der Waals surface area contributed by atoms with E-state index < -0.39 is 6.04 Å². The summed E-state index contributed by atoms with van der Waals surface area (Å²) in [6.07, 6.45) is 1.41. The smallest absolute Gasteiger partial charge is 0.256 e. The van der Waals surface area contributed by atoms with Gasteiger partial charge in [0, 0.05) is 19.3 Å². The molecular weight excluding hydrogens is 301 g/mol. The van der Waals surface area contributed by atoms with Crippen LogP contribution >= 0.6 is 23.2 Å². The number of anilines is 1. The molecule has 2 amide bonds. The predicted molar refractivity (Wildman–Crippen MR) is 79.0 cm³/mol. The molecule has 1 unspecified atom stereocenters. The normalized spacial score (nSPS) is 18.1. The molecule has 0 aliphatic carbocycles. The van der Waals surface area contributed by atoms with Crippen molar-refractivity contribution in [1.29, 1.82) is 0 Å². The Morgan fingerprint density at radius 1 is 1.40 bits per heavy atom. The van der Waals surface area contributed by atoms with Crippen molar-refractivity contribution < 1.29 is 9.59 Å². The Morgan fingerprint density at radius 3 is 2.75 bits per heavy atom. The first-order chi connectivity index (χ1) is 9.45. The molecule has 20 heavy (non-hydrogen) atoms. The van der Waals surface area contributed by atoms with E-state index in [1.54, 1.807) is 7.05 Å². The van der Waals surface area contributed by atoms with E-state index in [9.17, 15) is 9.59 Å². The van der Waals surface area contributed by atoms with Crippen LogP contribution in [-0.4, -0.2) is 36.3 Å². The Balaban J connectivity index is 2.34. The molecule has 2 rings (SSSR count). The Bertz CT molecular complexity index is 563. The number of benzene rings is 1. The number of nitrogen functional groups attached to an aromatic ring is 1. The average Bonchev–Trinajstić information content (AvgIpc) is 2.90. The van der Waals surface area contributed by atoms with E-state index in [1.807, 2.05) is 0 Å². The van der Waals surface area contributed by atoms with Crippen molar-refractivity contribution in [3.8, 4) is 0 Å². The van der Waals surface area contributed by atoms with Crippen LogP contribution < -0.4 is 11.1 Å². The van der Waals surface area contributed by atoms with Crippen molar-refractivity contribution in [1.82, 2.24) is 10.2 Å². The van der Waals surface area contributed by atoms with Crippen molar-refractivity contribution in [2.24, 2.45) is 0 Å². The van der Waals surface area contributed by atoms with Crippen LogP contribution in [-0.2, 0) is 4.79 Å². The first-order valence-corrected chi connectivity index (χ1v) is 6.98. The van der Waals surface area contributed by atoms with Crippen molar-refractivity contribution in [3.63, 3.8) is 0 Å². The number of rotatable bonds is 2. The minimum atomic E-state index is -0.469. The van der Waals surface area contributed by atoms with E-state index in [-0.39, 0.29) is 27.4 Å². The number of nitrogens with two attached hydrogens (primary N) is 1. The highest BCUT2D eigenvalue weighted by atomic mass is 35.5. The molecule has 1 heterocycles. The molecule has 0 saturated carbocycles. The SMILES string of the molecule is CNC(=O)C1CCCN1C(=O)c1cc(N)cc(Cl)c1Cl. The van der Waals surface area contributed by atoms with Gasteiger partial charge in [-0.1, -0.05) is 23.2 Å². The summed E-state index contributed by atoms with van der Waals surface area (Å²) >= 11 is 12.0. The third kappa shape index (κ3) is 2.69. The Morgan fingerprint density at radius 2 is 2.10 bits per heavy atom. The fourth-order valence-electron chi connectivity index (χ4n) is 2.37. The van der Waals surface area contributed by atoms with E-state index in [2.05, 4.69) is 5.32 Å². The lowest BCUT2D eigenvalue weighted by Crippen LogP contribution is -2.45. The van der Waals surface area contributed by atoms with Gasteiger partial charge in [0.2, 0.25) is 5.91 Å². The molecule has 1 aromatic rings. The zero-order valence-corrected chi connectivity index (χ0v) is 12.5. The van der Waals surface area contributed by atoms with Crippen molar-refractivity contribution in [2.75, 3.05) is 19.3 Å². The molecule has 7 heteroatoms. The summed E-state index contributed by atoms with van der Waals surface area (Å²) in [5.74, 6) is -0.503. The number of amides is 2. The van der Waals surface area contributed by atoms with Crippen molar-refractivity contribution in [3.05, 3.63) is 27.7 Å². The van der Waals surface area contributed by atoms with E-state index in [0.29, 0.717) is 18.7 Å². The van der Waals surface area contributed by atoms with Crippen LogP contribution in [0.3, 0.4) is 0 Å². The van der Waals surface area contributed by atoms with Crippen molar-refractivity contribution in [2.45, 2.75) is 18.9 Å². The second-order valence-corrected chi connectivity index (χ2v) is 5.42. The van der Waals surface area contributed by atoms with Crippen LogP contribution in [0.1, 0.15) is 23.2 Å². The molecule has 1 fully saturated rings. The number of halogens is 2. The molecule has 1 aromatic carbocycles. The quantitative estimate of drug-likeness (QED) is 0.819. The average molecular weight is 316 g/mol. The monoisotopic (exact) mass is 315 g/mol. The topological polar surface area (TPSA) is 75.4 Å². The third-order valence-corrected chi connectivity index (χ3v) is 4.15. The Hall–Kier alpha value is -1.46. The van der Waals surface area contributed by atoms with E-state index in [1.165, 1.54) is 17.0 Å². The molecule has 5 nitrogen and oxygen atoms in total. The summed E-state index contributed by atoms with van der Waals surface area (Å²) in [5, 5.41) is 2.95. The second kappa shape index (κ2) is 5.89. The van der Waals surface area contributed by atoms with E-state index >= 15 is 0 Å². The number of hydrogen-bond donors (Lipinski definition) is 2. The highest BCUT2D eigenvalue weighted by Gasteiger charge is 2.35. The van der Waals surface area contributed by atoms with Gasteiger partial charge in [-0.05, 0) is 25.0 Å². The third-order valence-electron chi connectivity index (χ3n) is 3.34. The van der Waals surface area contributed by atoms with Crippen LogP contribution in [0.5, 0.6) is 0 Å². The maximum Gasteiger partial charge on any atom is 0.256 e. The second-order valence-electron chi connectivity index (χ2n) is 4.64. The number of hydrogen-bond acceptors (Lipinski definition) is 3. The van der Waals surface area contributed by atoms with Gasteiger partial charge in [-0.15, -0.1) is 0 Å². The Labute approximate surface area is 127 Å². The van der Waals surface area contributed by atoms with Gasteiger partial charge < -0.3 is 16.0 Å². The lowest BCUT2D eigenvalue weighted by molar-refractivity contribution is -0.124. The lowest BCUT2D eigenvalue weighted by Gasteiger charge is -2.24. The van der Waals surface area contributed by atoms with Crippen LogP contribution in [0.25, 0.3) is 0 Å². The molecule has 1 saturated heterocycles. The summed E-state index contributed by atoms with van der Waals surface area (Å²) in [6, 6.07) is 2.50. The number of nitrogens with zero attached hydrogens (tertiary/aromatic N) is 1. The van der Waals surface area contributed by atoms with Gasteiger partial charge in [0.1, 0.15) is 6.04 Å². The summed E-state index contributed by atoms with van der Waals surface area (Å²) in [6.45, 7) is 0.514. The van der Waals surface area contributed by atoms with Gasteiger partial charge in [0.25, 0.3) is 5.91 Å². The number of nitrogens with one attached hydrogen (secondary N) is 1. The maximum atomic E-state index is 12.6. The van der Waals surface area contributed by atoms with Crippen LogP contribution in [0, 0.1) is 0 Å². The Kier molecular flexibility index (Phi) is 4.40. The standard InChI is InChI=1S/C13H15Cl2N3O2/c1-17-12(19)10-3-2-4-18(10)13(20)8-5-7(16)6-9(14)11(8)15/h5-6,10H,2-4,16H2,1H3,(H,17,19). The highest BCUT2D eigenvalue weighted by Crippen LogP contribution is 2.31. The molecule has 0 bridgehead atoms. The molecule has 0 radical (unpaired) electrons. The maximum absolute atomic E-state index is 12.6. The molecule has 1 aliphatic heterocycles. The number of likely N-dealkylation sites (N-methyl/N-ethyl adjacent to an activating group) is 1. The molecule has 1 aliphatic rings. The molecular formula is C13H15Cl2N3O2. The highest BCUT2D eigenvalue weighted by molar-refractivity contribution is 6.44. The van der Waals surface area contributed by atoms with Gasteiger partial charge in [0.05, 0.1) is 15.6 Å². The minimum absolute atomic E-state index is 0.161. The van der Waals surface area contributed by atoms with Crippen LogP contribution in [0.15, 0.2) is 12.1 Å². The zero-order chi connectivity index (χ0) is 14.9. The first kappa shape index (κ1) is 14.9. The predicted octanol–water partition coefficient (Wildman–Crippen LogP) is 1.93. The molecule has 0 aromatic heterocycles. The zero-order valence-electron chi connectivity index (χ0n) is 11.0. The van der Waals surface area contributed by atoms with Gasteiger partial charge in [-0.3, -0.25) is 9.59 Å².